The molecule has 2 aromatic rings. The number of halogens is 1. The fourth-order valence-corrected chi connectivity index (χ4v) is 2.31. The Hall–Kier alpha value is -2.05. The van der Waals surface area contributed by atoms with Crippen LogP contribution in [0.2, 0.25) is 5.02 Å². The van der Waals surface area contributed by atoms with Crippen molar-refractivity contribution in [3.8, 4) is 5.75 Å². The number of benzene rings is 1. The van der Waals surface area contributed by atoms with Gasteiger partial charge >= 0.3 is 0 Å². The van der Waals surface area contributed by atoms with Crippen LogP contribution in [-0.2, 0) is 6.73 Å². The van der Waals surface area contributed by atoms with Gasteiger partial charge in [-0.3, -0.25) is 4.79 Å². The summed E-state index contributed by atoms with van der Waals surface area (Å²) in [6.45, 7) is 7.83. The molecule has 0 saturated carbocycles. The molecule has 0 bridgehead atoms. The zero-order chi connectivity index (χ0) is 17.4. The van der Waals surface area contributed by atoms with Gasteiger partial charge in [0.15, 0.2) is 6.73 Å². The van der Waals surface area contributed by atoms with Gasteiger partial charge in [0.05, 0.1) is 0 Å². The van der Waals surface area contributed by atoms with Crippen molar-refractivity contribution in [1.82, 2.24) is 20.0 Å². The smallest absolute Gasteiger partial charge is 0.271 e. The molecule has 1 heterocycles. The highest BCUT2D eigenvalue weighted by Gasteiger charge is 2.09. The maximum Gasteiger partial charge on any atom is 0.271 e. The summed E-state index contributed by atoms with van der Waals surface area (Å²) in [6, 6.07) is 8.76. The molecule has 0 aliphatic heterocycles. The van der Waals surface area contributed by atoms with E-state index < -0.39 is 0 Å². The maximum absolute atomic E-state index is 12.1. The Morgan fingerprint density at radius 3 is 2.62 bits per heavy atom. The van der Waals surface area contributed by atoms with E-state index in [4.69, 9.17) is 16.3 Å². The topological polar surface area (TPSA) is 59.4 Å². The predicted molar refractivity (Wildman–Crippen MR) is 94.4 cm³/mol. The van der Waals surface area contributed by atoms with Crippen LogP contribution in [0.3, 0.4) is 0 Å². The summed E-state index contributed by atoms with van der Waals surface area (Å²) >= 11 is 5.83. The summed E-state index contributed by atoms with van der Waals surface area (Å²) < 4.78 is 7.16. The van der Waals surface area contributed by atoms with Gasteiger partial charge in [0.2, 0.25) is 0 Å². The molecule has 0 aliphatic rings. The minimum Gasteiger partial charge on any atom is -0.471 e. The van der Waals surface area contributed by atoms with Gasteiger partial charge in [0, 0.05) is 24.3 Å². The zero-order valence-corrected chi connectivity index (χ0v) is 14.8. The van der Waals surface area contributed by atoms with Crippen LogP contribution in [0.15, 0.2) is 36.5 Å². The van der Waals surface area contributed by atoms with E-state index in [1.807, 2.05) is 0 Å². The van der Waals surface area contributed by atoms with Crippen molar-refractivity contribution in [3.63, 3.8) is 0 Å². The molecule has 0 aliphatic carbocycles. The van der Waals surface area contributed by atoms with Gasteiger partial charge in [-0.25, -0.2) is 4.68 Å². The second-order valence-electron chi connectivity index (χ2n) is 5.25. The van der Waals surface area contributed by atoms with E-state index >= 15 is 0 Å². The molecule has 0 saturated heterocycles. The number of amides is 1. The summed E-state index contributed by atoms with van der Waals surface area (Å²) in [5.74, 6) is 0.521. The molecule has 0 unspecified atom stereocenters. The lowest BCUT2D eigenvalue weighted by molar-refractivity contribution is 0.0942. The first-order chi connectivity index (χ1) is 11.6. The van der Waals surface area contributed by atoms with Crippen LogP contribution in [0.1, 0.15) is 24.3 Å². The number of ether oxygens (including phenoxy) is 1. The Kier molecular flexibility index (Phi) is 7.08. The fourth-order valence-electron chi connectivity index (χ4n) is 2.18. The standard InChI is InChI=1S/C17H23ClN4O2/c1-3-21(4-2)12-10-19-17(23)16-9-11-22(20-16)13-24-15-7-5-14(18)6-8-15/h5-9,11H,3-4,10,12-13H2,1-2H3,(H,19,23). The number of nitrogens with zero attached hydrogens (tertiary/aromatic N) is 3. The SMILES string of the molecule is CCN(CC)CCNC(=O)c1ccn(COc2ccc(Cl)cc2)n1. The number of aromatic nitrogens is 2. The van der Waals surface area contributed by atoms with Gasteiger partial charge in [0.1, 0.15) is 11.4 Å². The van der Waals surface area contributed by atoms with Crippen molar-refractivity contribution in [2.75, 3.05) is 26.2 Å². The Labute approximate surface area is 147 Å². The number of carbonyl (C=O) groups excluding carboxylic acids is 1. The summed E-state index contributed by atoms with van der Waals surface area (Å²) in [5, 5.41) is 7.76. The van der Waals surface area contributed by atoms with Gasteiger partial charge in [-0.1, -0.05) is 25.4 Å². The number of rotatable bonds is 9. The molecule has 24 heavy (non-hydrogen) atoms. The highest BCUT2D eigenvalue weighted by molar-refractivity contribution is 6.30. The lowest BCUT2D eigenvalue weighted by atomic mass is 10.3. The van der Waals surface area contributed by atoms with E-state index in [0.29, 0.717) is 23.0 Å². The minimum atomic E-state index is -0.174. The lowest BCUT2D eigenvalue weighted by Crippen LogP contribution is -2.35. The Morgan fingerprint density at radius 1 is 1.25 bits per heavy atom. The molecule has 1 N–H and O–H groups in total. The molecule has 130 valence electrons. The van der Waals surface area contributed by atoms with Gasteiger partial charge in [0.25, 0.3) is 5.91 Å². The van der Waals surface area contributed by atoms with Gasteiger partial charge in [-0.15, -0.1) is 0 Å². The summed E-state index contributed by atoms with van der Waals surface area (Å²) in [7, 11) is 0. The monoisotopic (exact) mass is 350 g/mol. The van der Waals surface area contributed by atoms with Crippen LogP contribution in [0, 0.1) is 0 Å². The van der Waals surface area contributed by atoms with Crippen molar-refractivity contribution in [2.45, 2.75) is 20.6 Å². The third-order valence-electron chi connectivity index (χ3n) is 3.66. The molecule has 1 amide bonds. The van der Waals surface area contributed by atoms with E-state index in [0.717, 1.165) is 19.6 Å². The Morgan fingerprint density at radius 2 is 1.96 bits per heavy atom. The summed E-state index contributed by atoms with van der Waals surface area (Å²) in [6.07, 6.45) is 1.72. The molecule has 0 spiro atoms. The third-order valence-corrected chi connectivity index (χ3v) is 3.91. The second kappa shape index (κ2) is 9.30. The van der Waals surface area contributed by atoms with Crippen molar-refractivity contribution in [3.05, 3.63) is 47.2 Å². The fraction of sp³-hybridized carbons (Fsp3) is 0.412. The third kappa shape index (κ3) is 5.54. The van der Waals surface area contributed by atoms with Crippen molar-refractivity contribution >= 4 is 17.5 Å². The predicted octanol–water partition coefficient (Wildman–Crippen LogP) is 2.64. The normalized spacial score (nSPS) is 10.8. The largest absolute Gasteiger partial charge is 0.471 e. The highest BCUT2D eigenvalue weighted by atomic mass is 35.5. The van der Waals surface area contributed by atoms with Crippen LogP contribution in [0.25, 0.3) is 0 Å². The molecule has 2 rings (SSSR count). The molecular weight excluding hydrogens is 328 g/mol. The molecule has 1 aromatic carbocycles. The second-order valence-corrected chi connectivity index (χ2v) is 5.69. The van der Waals surface area contributed by atoms with Gasteiger partial charge < -0.3 is 15.0 Å². The number of carbonyl (C=O) groups is 1. The average molecular weight is 351 g/mol. The van der Waals surface area contributed by atoms with E-state index in [9.17, 15) is 4.79 Å². The van der Waals surface area contributed by atoms with Crippen LogP contribution < -0.4 is 10.1 Å². The zero-order valence-electron chi connectivity index (χ0n) is 14.0. The first-order valence-corrected chi connectivity index (χ1v) is 8.42. The van der Waals surface area contributed by atoms with Crippen molar-refractivity contribution < 1.29 is 9.53 Å². The first kappa shape index (κ1) is 18.3. The van der Waals surface area contributed by atoms with Crippen LogP contribution in [0.4, 0.5) is 0 Å². The highest BCUT2D eigenvalue weighted by Crippen LogP contribution is 2.15. The summed E-state index contributed by atoms with van der Waals surface area (Å²) in [4.78, 5) is 14.3. The van der Waals surface area contributed by atoms with Crippen LogP contribution in [-0.4, -0.2) is 46.8 Å². The Bertz CT molecular complexity index is 638. The lowest BCUT2D eigenvalue weighted by Gasteiger charge is -2.17. The molecular formula is C17H23ClN4O2. The van der Waals surface area contributed by atoms with Crippen molar-refractivity contribution in [2.24, 2.45) is 0 Å². The molecule has 7 heteroatoms. The van der Waals surface area contributed by atoms with Crippen LogP contribution in [0.5, 0.6) is 5.75 Å². The first-order valence-electron chi connectivity index (χ1n) is 8.04. The van der Waals surface area contributed by atoms with Gasteiger partial charge in [-0.2, -0.15) is 5.10 Å². The maximum atomic E-state index is 12.1. The molecule has 0 radical (unpaired) electrons. The van der Waals surface area contributed by atoms with E-state index in [-0.39, 0.29) is 12.6 Å². The van der Waals surface area contributed by atoms with E-state index in [1.54, 1.807) is 41.2 Å². The van der Waals surface area contributed by atoms with Crippen LogP contribution >= 0.6 is 11.6 Å². The van der Waals surface area contributed by atoms with Gasteiger partial charge in [-0.05, 0) is 43.4 Å². The molecule has 0 atom stereocenters. The number of nitrogens with one attached hydrogen (secondary N) is 1. The molecule has 0 fully saturated rings. The number of hydrogen-bond donors (Lipinski definition) is 1. The average Bonchev–Trinajstić information content (AvgIpc) is 3.07. The minimum absolute atomic E-state index is 0.174. The number of likely N-dealkylation sites (N-methyl/N-ethyl adjacent to an activating group) is 1. The molecule has 1 aromatic heterocycles. The van der Waals surface area contributed by atoms with E-state index in [2.05, 4.69) is 29.2 Å². The number of hydrogen-bond acceptors (Lipinski definition) is 4. The molecule has 6 nitrogen and oxygen atoms in total. The quantitative estimate of drug-likeness (QED) is 0.755. The summed E-state index contributed by atoms with van der Waals surface area (Å²) in [5.41, 5.74) is 0.384. The van der Waals surface area contributed by atoms with Crippen molar-refractivity contribution in [1.29, 1.82) is 0 Å². The van der Waals surface area contributed by atoms with E-state index in [1.165, 1.54) is 0 Å². The Balaban J connectivity index is 1.79.